The third-order valence-electron chi connectivity index (χ3n) is 2.92. The van der Waals surface area contributed by atoms with Gasteiger partial charge in [-0.1, -0.05) is 15.9 Å². The fourth-order valence-corrected chi connectivity index (χ4v) is 2.09. The molecule has 0 spiro atoms. The predicted octanol–water partition coefficient (Wildman–Crippen LogP) is 2.46. The quantitative estimate of drug-likeness (QED) is 0.869. The molecule has 2 N–H and O–H groups in total. The van der Waals surface area contributed by atoms with Gasteiger partial charge in [0.2, 0.25) is 0 Å². The molecule has 1 aromatic heterocycles. The summed E-state index contributed by atoms with van der Waals surface area (Å²) in [5.74, 6) is 0.867. The van der Waals surface area contributed by atoms with Crippen LogP contribution in [0, 0.1) is 0 Å². The van der Waals surface area contributed by atoms with Gasteiger partial charge in [-0.25, -0.2) is 4.98 Å². The fraction of sp³-hybridized carbons (Fsp3) is 0.200. The van der Waals surface area contributed by atoms with E-state index in [1.165, 1.54) is 0 Å². The Morgan fingerprint density at radius 3 is 2.71 bits per heavy atom. The zero-order chi connectivity index (χ0) is 15.2. The summed E-state index contributed by atoms with van der Waals surface area (Å²) in [4.78, 5) is 17.4. The first-order valence-corrected chi connectivity index (χ1v) is 7.21. The van der Waals surface area contributed by atoms with Crippen LogP contribution in [-0.2, 0) is 0 Å². The molecular formula is C15H16BrN3O2. The second-order valence-electron chi connectivity index (χ2n) is 4.46. The van der Waals surface area contributed by atoms with Gasteiger partial charge in [0.1, 0.15) is 18.2 Å². The summed E-state index contributed by atoms with van der Waals surface area (Å²) >= 11 is 3.37. The maximum atomic E-state index is 11.4. The maximum Gasteiger partial charge on any atom is 0.252 e. The summed E-state index contributed by atoms with van der Waals surface area (Å²) in [7, 11) is 1.85. The van der Waals surface area contributed by atoms with E-state index in [-0.39, 0.29) is 0 Å². The van der Waals surface area contributed by atoms with E-state index in [2.05, 4.69) is 20.9 Å². The van der Waals surface area contributed by atoms with Gasteiger partial charge in [-0.3, -0.25) is 4.79 Å². The van der Waals surface area contributed by atoms with E-state index in [1.54, 1.807) is 18.3 Å². The first-order chi connectivity index (χ1) is 10.1. The highest BCUT2D eigenvalue weighted by Crippen LogP contribution is 2.17. The van der Waals surface area contributed by atoms with Gasteiger partial charge in [-0.2, -0.15) is 0 Å². The standard InChI is InChI=1S/C15H16BrN3O2/c1-19(15-13(14(17)20)3-2-8-18-15)9-10-21-12-6-4-11(16)5-7-12/h2-8H,9-10H2,1H3,(H2,17,20). The van der Waals surface area contributed by atoms with E-state index in [4.69, 9.17) is 10.5 Å². The second-order valence-corrected chi connectivity index (χ2v) is 5.38. The zero-order valence-electron chi connectivity index (χ0n) is 11.6. The van der Waals surface area contributed by atoms with Crippen molar-refractivity contribution in [1.82, 2.24) is 4.98 Å². The third-order valence-corrected chi connectivity index (χ3v) is 3.45. The van der Waals surface area contributed by atoms with Crippen molar-refractivity contribution in [2.24, 2.45) is 5.73 Å². The molecule has 0 radical (unpaired) electrons. The molecule has 0 bridgehead atoms. The molecule has 21 heavy (non-hydrogen) atoms. The van der Waals surface area contributed by atoms with Gasteiger partial charge in [-0.15, -0.1) is 0 Å². The minimum absolute atomic E-state index is 0.406. The van der Waals surface area contributed by atoms with Crippen LogP contribution in [-0.4, -0.2) is 31.1 Å². The molecule has 110 valence electrons. The van der Waals surface area contributed by atoms with E-state index >= 15 is 0 Å². The number of halogens is 1. The number of anilines is 1. The van der Waals surface area contributed by atoms with E-state index in [9.17, 15) is 4.79 Å². The molecule has 0 unspecified atom stereocenters. The molecule has 0 aliphatic rings. The second kappa shape index (κ2) is 7.08. The van der Waals surface area contributed by atoms with Crippen LogP contribution in [0.5, 0.6) is 5.75 Å². The van der Waals surface area contributed by atoms with Crippen LogP contribution >= 0.6 is 15.9 Å². The van der Waals surface area contributed by atoms with Crippen molar-refractivity contribution in [3.8, 4) is 5.75 Å². The molecule has 6 heteroatoms. The Morgan fingerprint density at radius 1 is 1.33 bits per heavy atom. The van der Waals surface area contributed by atoms with Gasteiger partial charge in [0.15, 0.2) is 0 Å². The Balaban J connectivity index is 1.94. The molecule has 0 saturated heterocycles. The molecule has 2 aromatic rings. The van der Waals surface area contributed by atoms with E-state index < -0.39 is 5.91 Å². The number of hydrogen-bond donors (Lipinski definition) is 1. The Bertz CT molecular complexity index is 617. The Labute approximate surface area is 131 Å². The Kier molecular flexibility index (Phi) is 5.16. The minimum Gasteiger partial charge on any atom is -0.492 e. The van der Waals surface area contributed by atoms with Crippen molar-refractivity contribution in [3.05, 3.63) is 52.6 Å². The summed E-state index contributed by atoms with van der Waals surface area (Å²) < 4.78 is 6.65. The number of benzene rings is 1. The molecule has 1 amide bonds. The van der Waals surface area contributed by atoms with Gasteiger partial charge in [0.25, 0.3) is 5.91 Å². The number of nitrogens with two attached hydrogens (primary N) is 1. The molecule has 0 saturated carbocycles. The number of ether oxygens (including phenoxy) is 1. The molecular weight excluding hydrogens is 334 g/mol. The van der Waals surface area contributed by atoms with Crippen LogP contribution in [0.4, 0.5) is 5.82 Å². The van der Waals surface area contributed by atoms with Crippen LogP contribution in [0.2, 0.25) is 0 Å². The Morgan fingerprint density at radius 2 is 2.05 bits per heavy atom. The van der Waals surface area contributed by atoms with Gasteiger partial charge in [-0.05, 0) is 36.4 Å². The van der Waals surface area contributed by atoms with E-state index in [0.29, 0.717) is 24.5 Å². The lowest BCUT2D eigenvalue weighted by atomic mass is 10.2. The van der Waals surface area contributed by atoms with Gasteiger partial charge >= 0.3 is 0 Å². The highest BCUT2D eigenvalue weighted by molar-refractivity contribution is 9.10. The monoisotopic (exact) mass is 349 g/mol. The van der Waals surface area contributed by atoms with E-state index in [0.717, 1.165) is 10.2 Å². The summed E-state index contributed by atoms with van der Waals surface area (Å²) in [6.07, 6.45) is 1.63. The average Bonchev–Trinajstić information content (AvgIpc) is 2.49. The number of nitrogens with zero attached hydrogens (tertiary/aromatic N) is 2. The van der Waals surface area contributed by atoms with Crippen LogP contribution in [0.3, 0.4) is 0 Å². The highest BCUT2D eigenvalue weighted by Gasteiger charge is 2.12. The third kappa shape index (κ3) is 4.19. The average molecular weight is 350 g/mol. The van der Waals surface area contributed by atoms with Crippen molar-refractivity contribution in [3.63, 3.8) is 0 Å². The number of carbonyl (C=O) groups is 1. The van der Waals surface area contributed by atoms with Crippen LogP contribution in [0.1, 0.15) is 10.4 Å². The number of aromatic nitrogens is 1. The van der Waals surface area contributed by atoms with Crippen molar-refractivity contribution in [2.45, 2.75) is 0 Å². The summed E-state index contributed by atoms with van der Waals surface area (Å²) in [6, 6.07) is 11.0. The van der Waals surface area contributed by atoms with Crippen molar-refractivity contribution in [2.75, 3.05) is 25.1 Å². The lowest BCUT2D eigenvalue weighted by Gasteiger charge is -2.20. The summed E-state index contributed by atoms with van der Waals surface area (Å²) in [6.45, 7) is 1.07. The SMILES string of the molecule is CN(CCOc1ccc(Br)cc1)c1ncccc1C(N)=O. The largest absolute Gasteiger partial charge is 0.492 e. The highest BCUT2D eigenvalue weighted by atomic mass is 79.9. The first kappa shape index (κ1) is 15.3. The van der Waals surface area contributed by atoms with Crippen molar-refractivity contribution >= 4 is 27.7 Å². The smallest absolute Gasteiger partial charge is 0.252 e. The zero-order valence-corrected chi connectivity index (χ0v) is 13.2. The number of amides is 1. The van der Waals surface area contributed by atoms with Crippen LogP contribution in [0.15, 0.2) is 47.1 Å². The maximum absolute atomic E-state index is 11.4. The Hall–Kier alpha value is -2.08. The van der Waals surface area contributed by atoms with Crippen LogP contribution in [0.25, 0.3) is 0 Å². The van der Waals surface area contributed by atoms with Gasteiger partial charge < -0.3 is 15.4 Å². The van der Waals surface area contributed by atoms with Gasteiger partial charge in [0, 0.05) is 17.7 Å². The van der Waals surface area contributed by atoms with Crippen LogP contribution < -0.4 is 15.4 Å². The number of hydrogen-bond acceptors (Lipinski definition) is 4. The summed E-state index contributed by atoms with van der Waals surface area (Å²) in [5.41, 5.74) is 5.75. The normalized spacial score (nSPS) is 10.2. The molecule has 1 aromatic carbocycles. The van der Waals surface area contributed by atoms with Crippen molar-refractivity contribution < 1.29 is 9.53 Å². The molecule has 0 aliphatic carbocycles. The number of pyridine rings is 1. The van der Waals surface area contributed by atoms with E-state index in [1.807, 2.05) is 36.2 Å². The number of primary amides is 1. The number of likely N-dealkylation sites (N-methyl/N-ethyl adjacent to an activating group) is 1. The topological polar surface area (TPSA) is 68.4 Å². The molecule has 0 aliphatic heterocycles. The molecule has 0 atom stereocenters. The molecule has 2 rings (SSSR count). The number of carbonyl (C=O) groups excluding carboxylic acids is 1. The van der Waals surface area contributed by atoms with Gasteiger partial charge in [0.05, 0.1) is 12.1 Å². The van der Waals surface area contributed by atoms with Crippen molar-refractivity contribution in [1.29, 1.82) is 0 Å². The minimum atomic E-state index is -0.487. The summed E-state index contributed by atoms with van der Waals surface area (Å²) in [5, 5.41) is 0. The molecule has 0 fully saturated rings. The fourth-order valence-electron chi connectivity index (χ4n) is 1.83. The first-order valence-electron chi connectivity index (χ1n) is 6.42. The lowest BCUT2D eigenvalue weighted by Crippen LogP contribution is -2.27. The number of rotatable bonds is 6. The predicted molar refractivity (Wildman–Crippen MR) is 85.7 cm³/mol. The molecule has 5 nitrogen and oxygen atoms in total. The lowest BCUT2D eigenvalue weighted by molar-refractivity contribution is 0.100. The molecule has 1 heterocycles.